The summed E-state index contributed by atoms with van der Waals surface area (Å²) >= 11 is 0. The maximum absolute atomic E-state index is 10.5. The molecule has 2 rings (SSSR count). The van der Waals surface area contributed by atoms with Gasteiger partial charge in [-0.25, -0.2) is 0 Å². The lowest BCUT2D eigenvalue weighted by Crippen LogP contribution is -2.56. The molecule has 0 saturated carbocycles. The molecule has 1 fully saturated rings. The fraction of sp³-hybridized carbons (Fsp3) is 0.769. The van der Waals surface area contributed by atoms with Gasteiger partial charge in [-0.3, -0.25) is 9.58 Å². The minimum atomic E-state index is -0.403. The zero-order chi connectivity index (χ0) is 13.2. The van der Waals surface area contributed by atoms with E-state index in [0.29, 0.717) is 6.42 Å². The molecular weight excluding hydrogens is 230 g/mol. The van der Waals surface area contributed by atoms with Gasteiger partial charge in [-0.1, -0.05) is 0 Å². The first kappa shape index (κ1) is 13.5. The molecule has 1 unspecified atom stereocenters. The van der Waals surface area contributed by atoms with Crippen LogP contribution in [0.15, 0.2) is 12.4 Å². The van der Waals surface area contributed by atoms with Gasteiger partial charge in [0.15, 0.2) is 0 Å². The van der Waals surface area contributed by atoms with Crippen molar-refractivity contribution in [3.05, 3.63) is 18.0 Å². The number of rotatable bonds is 4. The van der Waals surface area contributed by atoms with Crippen molar-refractivity contribution in [2.24, 2.45) is 7.05 Å². The Bertz CT molecular complexity index is 383. The van der Waals surface area contributed by atoms with E-state index >= 15 is 0 Å². The summed E-state index contributed by atoms with van der Waals surface area (Å²) in [5, 5.41) is 14.6. The van der Waals surface area contributed by atoms with Crippen LogP contribution in [0, 0.1) is 0 Å². The summed E-state index contributed by atoms with van der Waals surface area (Å²) in [6.45, 7) is 7.47. The van der Waals surface area contributed by atoms with Crippen LogP contribution in [0.1, 0.15) is 19.4 Å². The predicted molar refractivity (Wildman–Crippen MR) is 69.4 cm³/mol. The van der Waals surface area contributed by atoms with E-state index in [1.54, 1.807) is 4.68 Å². The number of morpholine rings is 1. The van der Waals surface area contributed by atoms with Gasteiger partial charge < -0.3 is 9.84 Å². The second kappa shape index (κ2) is 5.38. The highest BCUT2D eigenvalue weighted by atomic mass is 16.5. The normalized spacial score (nSPS) is 20.0. The highest BCUT2D eigenvalue weighted by molar-refractivity contribution is 5.08. The van der Waals surface area contributed by atoms with Gasteiger partial charge in [-0.05, 0) is 19.4 Å². The van der Waals surface area contributed by atoms with Crippen LogP contribution < -0.4 is 0 Å². The first-order valence-electron chi connectivity index (χ1n) is 6.48. The van der Waals surface area contributed by atoms with Crippen LogP contribution in [0.25, 0.3) is 0 Å². The number of ether oxygens (including phenoxy) is 1. The number of aryl methyl sites for hydroxylation is 1. The third-order valence-corrected chi connectivity index (χ3v) is 3.83. The number of aromatic nitrogens is 2. The summed E-state index contributed by atoms with van der Waals surface area (Å²) in [6.07, 6.45) is 4.01. The largest absolute Gasteiger partial charge is 0.391 e. The molecule has 5 heteroatoms. The summed E-state index contributed by atoms with van der Waals surface area (Å²) in [5.41, 5.74) is 0.839. The van der Waals surface area contributed by atoms with Crippen molar-refractivity contribution in [1.29, 1.82) is 0 Å². The lowest BCUT2D eigenvalue weighted by Gasteiger charge is -2.43. The maximum atomic E-state index is 10.5. The fourth-order valence-electron chi connectivity index (χ4n) is 2.40. The molecule has 0 bridgehead atoms. The Morgan fingerprint density at radius 3 is 2.67 bits per heavy atom. The van der Waals surface area contributed by atoms with Gasteiger partial charge >= 0.3 is 0 Å². The Morgan fingerprint density at radius 2 is 2.11 bits per heavy atom. The molecule has 2 heterocycles. The average molecular weight is 253 g/mol. The van der Waals surface area contributed by atoms with Crippen LogP contribution in [-0.2, 0) is 18.2 Å². The summed E-state index contributed by atoms with van der Waals surface area (Å²) < 4.78 is 7.13. The second-order valence-corrected chi connectivity index (χ2v) is 5.50. The molecule has 1 aromatic heterocycles. The molecule has 1 aromatic rings. The minimum Gasteiger partial charge on any atom is -0.391 e. The quantitative estimate of drug-likeness (QED) is 0.845. The van der Waals surface area contributed by atoms with Gasteiger partial charge in [-0.15, -0.1) is 0 Å². The number of aliphatic hydroxyl groups is 1. The molecule has 0 spiro atoms. The molecule has 0 radical (unpaired) electrons. The number of hydrogen-bond donors (Lipinski definition) is 1. The fourth-order valence-corrected chi connectivity index (χ4v) is 2.40. The van der Waals surface area contributed by atoms with Crippen molar-refractivity contribution in [2.75, 3.05) is 26.3 Å². The second-order valence-electron chi connectivity index (χ2n) is 5.50. The number of hydrogen-bond acceptors (Lipinski definition) is 4. The monoisotopic (exact) mass is 253 g/mol. The van der Waals surface area contributed by atoms with Gasteiger partial charge in [0.1, 0.15) is 0 Å². The zero-order valence-corrected chi connectivity index (χ0v) is 11.5. The van der Waals surface area contributed by atoms with Crippen LogP contribution in [-0.4, -0.2) is 57.7 Å². The van der Waals surface area contributed by atoms with Gasteiger partial charge in [0.05, 0.1) is 25.5 Å². The summed E-state index contributed by atoms with van der Waals surface area (Å²) in [5.74, 6) is 0. The lowest BCUT2D eigenvalue weighted by atomic mass is 9.90. The molecular formula is C13H23N3O2. The van der Waals surface area contributed by atoms with E-state index in [-0.39, 0.29) is 5.54 Å². The molecule has 1 aliphatic rings. The standard InChI is InChI=1S/C13H23N3O2/c1-13(2,16-4-6-18-7-5-16)12(17)8-11-9-14-15(3)10-11/h9-10,12,17H,4-8H2,1-3H3. The van der Waals surface area contributed by atoms with Crippen molar-refractivity contribution < 1.29 is 9.84 Å². The van der Waals surface area contributed by atoms with E-state index < -0.39 is 6.10 Å². The van der Waals surface area contributed by atoms with Gasteiger partial charge in [0, 0.05) is 38.3 Å². The van der Waals surface area contributed by atoms with Crippen LogP contribution in [0.4, 0.5) is 0 Å². The Hall–Kier alpha value is -0.910. The SMILES string of the molecule is Cn1cc(CC(O)C(C)(C)N2CCOCC2)cn1. The maximum Gasteiger partial charge on any atom is 0.0759 e. The van der Waals surface area contributed by atoms with Crippen LogP contribution >= 0.6 is 0 Å². The molecule has 5 nitrogen and oxygen atoms in total. The van der Waals surface area contributed by atoms with Crippen molar-refractivity contribution in [1.82, 2.24) is 14.7 Å². The van der Waals surface area contributed by atoms with Crippen LogP contribution in [0.5, 0.6) is 0 Å². The minimum absolute atomic E-state index is 0.236. The van der Waals surface area contributed by atoms with E-state index in [1.165, 1.54) is 0 Å². The van der Waals surface area contributed by atoms with Crippen molar-refractivity contribution in [2.45, 2.75) is 31.9 Å². The molecule has 1 saturated heterocycles. The third-order valence-electron chi connectivity index (χ3n) is 3.83. The molecule has 1 N–H and O–H groups in total. The average Bonchev–Trinajstić information content (AvgIpc) is 2.76. The Morgan fingerprint density at radius 1 is 1.44 bits per heavy atom. The summed E-state index contributed by atoms with van der Waals surface area (Å²) in [7, 11) is 1.89. The highest BCUT2D eigenvalue weighted by Crippen LogP contribution is 2.23. The van der Waals surface area contributed by atoms with Crippen LogP contribution in [0.3, 0.4) is 0 Å². The van der Waals surface area contributed by atoms with E-state index in [4.69, 9.17) is 4.74 Å². The first-order chi connectivity index (χ1) is 8.50. The molecule has 0 amide bonds. The Labute approximate surface area is 108 Å². The summed E-state index contributed by atoms with van der Waals surface area (Å²) in [4.78, 5) is 2.30. The van der Waals surface area contributed by atoms with E-state index in [0.717, 1.165) is 31.9 Å². The van der Waals surface area contributed by atoms with Crippen LogP contribution in [0.2, 0.25) is 0 Å². The Balaban J connectivity index is 1.99. The lowest BCUT2D eigenvalue weighted by molar-refractivity contribution is -0.0612. The zero-order valence-electron chi connectivity index (χ0n) is 11.5. The van der Waals surface area contributed by atoms with Crippen molar-refractivity contribution in [3.8, 4) is 0 Å². The van der Waals surface area contributed by atoms with Gasteiger partial charge in [0.25, 0.3) is 0 Å². The van der Waals surface area contributed by atoms with Crippen molar-refractivity contribution in [3.63, 3.8) is 0 Å². The van der Waals surface area contributed by atoms with Gasteiger partial charge in [-0.2, -0.15) is 5.10 Å². The topological polar surface area (TPSA) is 50.5 Å². The van der Waals surface area contributed by atoms with E-state index in [1.807, 2.05) is 19.4 Å². The molecule has 1 atom stereocenters. The number of aliphatic hydroxyl groups excluding tert-OH is 1. The molecule has 102 valence electrons. The molecule has 1 aliphatic heterocycles. The third kappa shape index (κ3) is 2.91. The van der Waals surface area contributed by atoms with Crippen molar-refractivity contribution >= 4 is 0 Å². The number of nitrogens with zero attached hydrogens (tertiary/aromatic N) is 3. The molecule has 18 heavy (non-hydrogen) atoms. The summed E-state index contributed by atoms with van der Waals surface area (Å²) in [6, 6.07) is 0. The molecule has 0 aliphatic carbocycles. The van der Waals surface area contributed by atoms with E-state index in [2.05, 4.69) is 23.8 Å². The first-order valence-corrected chi connectivity index (χ1v) is 6.48. The predicted octanol–water partition coefficient (Wildman–Crippen LogP) is 0.434. The van der Waals surface area contributed by atoms with E-state index in [9.17, 15) is 5.11 Å². The van der Waals surface area contributed by atoms with Gasteiger partial charge in [0.2, 0.25) is 0 Å². The smallest absolute Gasteiger partial charge is 0.0759 e. The molecule has 0 aromatic carbocycles. The highest BCUT2D eigenvalue weighted by Gasteiger charge is 2.35. The Kier molecular flexibility index (Phi) is 4.04.